The molecule has 1 heterocycles. The van der Waals surface area contributed by atoms with Crippen molar-refractivity contribution < 1.29 is 0 Å². The number of benzene rings is 1. The van der Waals surface area contributed by atoms with Crippen molar-refractivity contribution in [1.82, 2.24) is 5.32 Å². The molecule has 0 aliphatic heterocycles. The molecule has 1 nitrogen and oxygen atoms in total. The summed E-state index contributed by atoms with van der Waals surface area (Å²) in [5, 5.41) is 5.56. The Hall–Kier alpha value is -1.12. The zero-order chi connectivity index (χ0) is 12.3. The predicted molar refractivity (Wildman–Crippen MR) is 75.7 cm³/mol. The molecule has 1 unspecified atom stereocenters. The van der Waals surface area contributed by atoms with Crippen LogP contribution in [0.5, 0.6) is 0 Å². The van der Waals surface area contributed by atoms with E-state index in [-0.39, 0.29) is 0 Å². The van der Waals surface area contributed by atoms with Gasteiger partial charge >= 0.3 is 0 Å². The molecule has 0 saturated heterocycles. The standard InChI is InChI=1S/C15H19NS/c1-11-7-12(2)9-13(8-11)15(16-3)10-14-5-4-6-17-14/h4-9,15-16H,10H2,1-3H3. The van der Waals surface area contributed by atoms with E-state index < -0.39 is 0 Å². The lowest BCUT2D eigenvalue weighted by molar-refractivity contribution is 0.596. The first-order valence-electron chi connectivity index (χ1n) is 5.97. The van der Waals surface area contributed by atoms with E-state index in [0.717, 1.165) is 6.42 Å². The Morgan fingerprint density at radius 2 is 1.88 bits per heavy atom. The highest BCUT2D eigenvalue weighted by Crippen LogP contribution is 2.22. The third kappa shape index (κ3) is 3.18. The normalized spacial score (nSPS) is 12.6. The zero-order valence-corrected chi connectivity index (χ0v) is 11.5. The van der Waals surface area contributed by atoms with Crippen LogP contribution in [0.25, 0.3) is 0 Å². The topological polar surface area (TPSA) is 12.0 Å². The highest BCUT2D eigenvalue weighted by Gasteiger charge is 2.11. The maximum atomic E-state index is 3.42. The minimum absolute atomic E-state index is 0.409. The molecule has 90 valence electrons. The van der Waals surface area contributed by atoms with Crippen molar-refractivity contribution in [2.75, 3.05) is 7.05 Å². The maximum absolute atomic E-state index is 3.42. The van der Waals surface area contributed by atoms with Crippen LogP contribution in [-0.2, 0) is 6.42 Å². The second kappa shape index (κ2) is 5.48. The number of hydrogen-bond acceptors (Lipinski definition) is 2. The van der Waals surface area contributed by atoms with Gasteiger partial charge < -0.3 is 5.32 Å². The fourth-order valence-corrected chi connectivity index (χ4v) is 2.98. The summed E-state index contributed by atoms with van der Waals surface area (Å²) in [5.74, 6) is 0. The van der Waals surface area contributed by atoms with Gasteiger partial charge in [0.15, 0.2) is 0 Å². The van der Waals surface area contributed by atoms with Gasteiger partial charge in [-0.2, -0.15) is 0 Å². The number of likely N-dealkylation sites (N-methyl/N-ethyl adjacent to an activating group) is 1. The van der Waals surface area contributed by atoms with Gasteiger partial charge in [0.05, 0.1) is 0 Å². The Labute approximate surface area is 108 Å². The second-order valence-electron chi connectivity index (χ2n) is 4.55. The molecule has 0 amide bonds. The molecule has 0 radical (unpaired) electrons. The predicted octanol–water partition coefficient (Wildman–Crippen LogP) is 3.87. The molecule has 2 aromatic rings. The largest absolute Gasteiger partial charge is 0.313 e. The smallest absolute Gasteiger partial charge is 0.0366 e. The van der Waals surface area contributed by atoms with Crippen LogP contribution in [-0.4, -0.2) is 7.05 Å². The summed E-state index contributed by atoms with van der Waals surface area (Å²) in [5.41, 5.74) is 4.07. The lowest BCUT2D eigenvalue weighted by atomic mass is 9.99. The van der Waals surface area contributed by atoms with E-state index in [4.69, 9.17) is 0 Å². The lowest BCUT2D eigenvalue weighted by Gasteiger charge is -2.17. The van der Waals surface area contributed by atoms with Gasteiger partial charge in [-0.3, -0.25) is 0 Å². The highest BCUT2D eigenvalue weighted by molar-refractivity contribution is 7.09. The second-order valence-corrected chi connectivity index (χ2v) is 5.58. The molecule has 0 aliphatic rings. The zero-order valence-electron chi connectivity index (χ0n) is 10.7. The lowest BCUT2D eigenvalue weighted by Crippen LogP contribution is -2.18. The first-order chi connectivity index (χ1) is 8.19. The van der Waals surface area contributed by atoms with E-state index >= 15 is 0 Å². The van der Waals surface area contributed by atoms with Crippen LogP contribution in [0.4, 0.5) is 0 Å². The molecular weight excluding hydrogens is 226 g/mol. The van der Waals surface area contributed by atoms with E-state index in [0.29, 0.717) is 6.04 Å². The summed E-state index contributed by atoms with van der Waals surface area (Å²) < 4.78 is 0. The average molecular weight is 245 g/mol. The Bertz CT molecular complexity index is 453. The molecule has 0 aliphatic carbocycles. The van der Waals surface area contributed by atoms with Crippen molar-refractivity contribution in [3.63, 3.8) is 0 Å². The van der Waals surface area contributed by atoms with Crippen molar-refractivity contribution >= 4 is 11.3 Å². The fourth-order valence-electron chi connectivity index (χ4n) is 2.23. The van der Waals surface area contributed by atoms with E-state index in [1.807, 2.05) is 18.4 Å². The highest BCUT2D eigenvalue weighted by atomic mass is 32.1. The van der Waals surface area contributed by atoms with E-state index in [2.05, 4.69) is 54.9 Å². The third-order valence-electron chi connectivity index (χ3n) is 2.98. The molecule has 0 bridgehead atoms. The Kier molecular flexibility index (Phi) is 3.97. The average Bonchev–Trinajstić information content (AvgIpc) is 2.77. The van der Waals surface area contributed by atoms with Gasteiger partial charge in [-0.15, -0.1) is 11.3 Å². The molecule has 1 N–H and O–H groups in total. The molecule has 0 spiro atoms. The van der Waals surface area contributed by atoms with Crippen LogP contribution in [0, 0.1) is 13.8 Å². The first kappa shape index (κ1) is 12.3. The van der Waals surface area contributed by atoms with Gasteiger partial charge in [-0.25, -0.2) is 0 Å². The fraction of sp³-hybridized carbons (Fsp3) is 0.333. The molecule has 1 aromatic heterocycles. The quantitative estimate of drug-likeness (QED) is 0.862. The Balaban J connectivity index is 2.22. The van der Waals surface area contributed by atoms with E-state index in [1.54, 1.807) is 0 Å². The number of aryl methyl sites for hydroxylation is 2. The van der Waals surface area contributed by atoms with Gasteiger partial charge in [0.2, 0.25) is 0 Å². The number of thiophene rings is 1. The van der Waals surface area contributed by atoms with Gasteiger partial charge in [-0.05, 0) is 37.9 Å². The van der Waals surface area contributed by atoms with E-state index in [1.165, 1.54) is 21.6 Å². The summed E-state index contributed by atoms with van der Waals surface area (Å²) in [6.45, 7) is 4.32. The van der Waals surface area contributed by atoms with Crippen molar-refractivity contribution in [2.45, 2.75) is 26.3 Å². The van der Waals surface area contributed by atoms with Crippen molar-refractivity contribution in [3.8, 4) is 0 Å². The molecule has 0 saturated carbocycles. The first-order valence-corrected chi connectivity index (χ1v) is 6.85. The summed E-state index contributed by atoms with van der Waals surface area (Å²) in [4.78, 5) is 1.43. The minimum atomic E-state index is 0.409. The minimum Gasteiger partial charge on any atom is -0.313 e. The van der Waals surface area contributed by atoms with Crippen LogP contribution < -0.4 is 5.32 Å². The van der Waals surface area contributed by atoms with Crippen molar-refractivity contribution in [3.05, 3.63) is 57.3 Å². The van der Waals surface area contributed by atoms with Crippen LogP contribution in [0.3, 0.4) is 0 Å². The molecule has 1 atom stereocenters. The summed E-state index contributed by atoms with van der Waals surface area (Å²) >= 11 is 1.83. The Morgan fingerprint density at radius 1 is 1.18 bits per heavy atom. The SMILES string of the molecule is CNC(Cc1cccs1)c1cc(C)cc(C)c1. The molecule has 0 fully saturated rings. The maximum Gasteiger partial charge on any atom is 0.0366 e. The van der Waals surface area contributed by atoms with Crippen LogP contribution >= 0.6 is 11.3 Å². The molecule has 2 rings (SSSR count). The molecule has 1 aromatic carbocycles. The molecule has 17 heavy (non-hydrogen) atoms. The summed E-state index contributed by atoms with van der Waals surface area (Å²) in [6, 6.07) is 11.5. The Morgan fingerprint density at radius 3 is 2.41 bits per heavy atom. The van der Waals surface area contributed by atoms with E-state index in [9.17, 15) is 0 Å². The van der Waals surface area contributed by atoms with Crippen LogP contribution in [0.1, 0.15) is 27.6 Å². The molecular formula is C15H19NS. The van der Waals surface area contributed by atoms with Crippen LogP contribution in [0.2, 0.25) is 0 Å². The third-order valence-corrected chi connectivity index (χ3v) is 3.88. The summed E-state index contributed by atoms with van der Waals surface area (Å²) in [7, 11) is 2.04. The van der Waals surface area contributed by atoms with Crippen molar-refractivity contribution in [1.29, 1.82) is 0 Å². The van der Waals surface area contributed by atoms with Gasteiger partial charge in [-0.1, -0.05) is 35.4 Å². The number of nitrogens with one attached hydrogen (secondary N) is 1. The van der Waals surface area contributed by atoms with Crippen molar-refractivity contribution in [2.24, 2.45) is 0 Å². The number of hydrogen-bond donors (Lipinski definition) is 1. The summed E-state index contributed by atoms with van der Waals surface area (Å²) in [6.07, 6.45) is 1.07. The van der Waals surface area contributed by atoms with Crippen LogP contribution in [0.15, 0.2) is 35.7 Å². The van der Waals surface area contributed by atoms with Gasteiger partial charge in [0.25, 0.3) is 0 Å². The van der Waals surface area contributed by atoms with Gasteiger partial charge in [0.1, 0.15) is 0 Å². The number of rotatable bonds is 4. The molecule has 2 heteroatoms. The van der Waals surface area contributed by atoms with Gasteiger partial charge in [0, 0.05) is 17.3 Å². The monoisotopic (exact) mass is 245 g/mol.